The average Bonchev–Trinajstić information content (AvgIpc) is 3.25. The van der Waals surface area contributed by atoms with Crippen LogP contribution < -0.4 is 5.32 Å². The van der Waals surface area contributed by atoms with E-state index in [1.54, 1.807) is 4.90 Å². The van der Waals surface area contributed by atoms with Gasteiger partial charge in [-0.2, -0.15) is 0 Å². The van der Waals surface area contributed by atoms with Gasteiger partial charge in [0.1, 0.15) is 6.04 Å². The Morgan fingerprint density at radius 2 is 1.91 bits per heavy atom. The number of nitrogens with zero attached hydrogens (tertiary/aromatic N) is 1. The first-order valence-corrected chi connectivity index (χ1v) is 7.82. The lowest BCUT2D eigenvalue weighted by Gasteiger charge is -2.29. The Balaban J connectivity index is 1.68. The van der Waals surface area contributed by atoms with Crippen molar-refractivity contribution in [1.82, 2.24) is 10.2 Å². The monoisotopic (exact) mass is 298 g/mol. The van der Waals surface area contributed by atoms with Gasteiger partial charge in [-0.3, -0.25) is 19.7 Å². The molecule has 0 radical (unpaired) electrons. The number of hydrogen-bond donors (Lipinski definition) is 1. The van der Waals surface area contributed by atoms with Gasteiger partial charge >= 0.3 is 0 Å². The highest BCUT2D eigenvalue weighted by Gasteiger charge is 2.41. The molecule has 1 saturated carbocycles. The molecule has 2 aliphatic heterocycles. The lowest BCUT2D eigenvalue weighted by atomic mass is 9.97. The molecule has 2 fully saturated rings. The van der Waals surface area contributed by atoms with Crippen LogP contribution in [0.25, 0.3) is 0 Å². The third kappa shape index (κ3) is 2.03. The smallest absolute Gasteiger partial charge is 0.255 e. The van der Waals surface area contributed by atoms with Gasteiger partial charge < -0.3 is 4.90 Å². The quantitative estimate of drug-likeness (QED) is 0.844. The third-order valence-corrected chi connectivity index (χ3v) is 4.85. The molecule has 0 bridgehead atoms. The number of hydrogen-bond acceptors (Lipinski definition) is 3. The van der Waals surface area contributed by atoms with Crippen LogP contribution in [0.3, 0.4) is 0 Å². The zero-order valence-electron chi connectivity index (χ0n) is 12.5. The summed E-state index contributed by atoms with van der Waals surface area (Å²) in [6.45, 7) is 2.50. The lowest BCUT2D eigenvalue weighted by Crippen LogP contribution is -2.52. The highest BCUT2D eigenvalue weighted by Crippen LogP contribution is 2.45. The minimum Gasteiger partial charge on any atom is -0.322 e. The van der Waals surface area contributed by atoms with E-state index in [-0.39, 0.29) is 17.7 Å². The van der Waals surface area contributed by atoms with E-state index in [1.807, 2.05) is 13.0 Å². The molecule has 1 unspecified atom stereocenters. The molecule has 1 atom stereocenters. The Hall–Kier alpha value is -2.17. The summed E-state index contributed by atoms with van der Waals surface area (Å²) in [5.41, 5.74) is 4.20. The first kappa shape index (κ1) is 13.5. The van der Waals surface area contributed by atoms with Gasteiger partial charge in [0.25, 0.3) is 5.91 Å². The molecular weight excluding hydrogens is 280 g/mol. The normalized spacial score (nSPS) is 24.5. The van der Waals surface area contributed by atoms with Crippen LogP contribution in [0.5, 0.6) is 0 Å². The molecular formula is C17H18N2O3. The summed E-state index contributed by atoms with van der Waals surface area (Å²) < 4.78 is 0. The summed E-state index contributed by atoms with van der Waals surface area (Å²) >= 11 is 0. The number of carbonyl (C=O) groups excluding carboxylic acids is 3. The van der Waals surface area contributed by atoms with Gasteiger partial charge in [-0.05, 0) is 49.3 Å². The third-order valence-electron chi connectivity index (χ3n) is 4.85. The highest BCUT2D eigenvalue weighted by atomic mass is 16.2. The van der Waals surface area contributed by atoms with Gasteiger partial charge in [-0.1, -0.05) is 11.6 Å². The summed E-state index contributed by atoms with van der Waals surface area (Å²) in [6, 6.07) is 3.58. The molecule has 5 nitrogen and oxygen atoms in total. The van der Waals surface area contributed by atoms with Crippen LogP contribution in [0.1, 0.15) is 58.6 Å². The molecule has 1 saturated heterocycles. The molecule has 114 valence electrons. The minimum absolute atomic E-state index is 0.0740. The zero-order valence-corrected chi connectivity index (χ0v) is 12.5. The zero-order chi connectivity index (χ0) is 15.4. The molecule has 1 aliphatic carbocycles. The maximum atomic E-state index is 12.7. The van der Waals surface area contributed by atoms with Gasteiger partial charge in [0.05, 0.1) is 0 Å². The Morgan fingerprint density at radius 1 is 1.14 bits per heavy atom. The van der Waals surface area contributed by atoms with E-state index in [1.165, 1.54) is 18.4 Å². The molecule has 1 aromatic carbocycles. The standard InChI is InChI=1S/C17H18N2O3/c1-9-6-11(10-2-3-10)13-8-19(17(22)12(13)7-9)14-4-5-15(20)18-16(14)21/h6-7,10,14H,2-5,8H2,1H3,(H,18,20,21). The number of benzene rings is 1. The molecule has 4 rings (SSSR count). The van der Waals surface area contributed by atoms with Crippen molar-refractivity contribution in [2.75, 3.05) is 0 Å². The molecule has 3 aliphatic rings. The number of carbonyl (C=O) groups is 3. The van der Waals surface area contributed by atoms with Crippen LogP contribution in [-0.2, 0) is 16.1 Å². The molecule has 0 spiro atoms. The van der Waals surface area contributed by atoms with Crippen molar-refractivity contribution >= 4 is 17.7 Å². The largest absolute Gasteiger partial charge is 0.322 e. The van der Waals surface area contributed by atoms with E-state index in [2.05, 4.69) is 11.4 Å². The van der Waals surface area contributed by atoms with E-state index in [0.717, 1.165) is 16.7 Å². The summed E-state index contributed by atoms with van der Waals surface area (Å²) in [5, 5.41) is 2.34. The second-order valence-electron chi connectivity index (χ2n) is 6.55. The number of nitrogens with one attached hydrogen (secondary N) is 1. The summed E-state index contributed by atoms with van der Waals surface area (Å²) in [4.78, 5) is 37.7. The van der Waals surface area contributed by atoms with Crippen molar-refractivity contribution in [1.29, 1.82) is 0 Å². The van der Waals surface area contributed by atoms with E-state index < -0.39 is 6.04 Å². The molecule has 1 N–H and O–H groups in total. The fourth-order valence-electron chi connectivity index (χ4n) is 3.60. The number of amides is 3. The van der Waals surface area contributed by atoms with E-state index in [4.69, 9.17) is 0 Å². The fraction of sp³-hybridized carbons (Fsp3) is 0.471. The van der Waals surface area contributed by atoms with E-state index >= 15 is 0 Å². The van der Waals surface area contributed by atoms with Crippen LogP contribution in [-0.4, -0.2) is 28.7 Å². The Kier molecular flexibility index (Phi) is 2.86. The topological polar surface area (TPSA) is 66.5 Å². The first-order valence-electron chi connectivity index (χ1n) is 7.82. The summed E-state index contributed by atoms with van der Waals surface area (Å²) in [5.74, 6) is -0.0970. The second kappa shape index (κ2) is 4.66. The SMILES string of the molecule is Cc1cc2c(c(C3CC3)c1)CN(C1CCC(=O)NC1=O)C2=O. The minimum atomic E-state index is -0.523. The Morgan fingerprint density at radius 3 is 2.59 bits per heavy atom. The van der Waals surface area contributed by atoms with Crippen molar-refractivity contribution in [2.24, 2.45) is 0 Å². The second-order valence-corrected chi connectivity index (χ2v) is 6.55. The fourth-order valence-corrected chi connectivity index (χ4v) is 3.60. The van der Waals surface area contributed by atoms with Gasteiger partial charge in [-0.15, -0.1) is 0 Å². The molecule has 22 heavy (non-hydrogen) atoms. The maximum absolute atomic E-state index is 12.7. The molecule has 0 aromatic heterocycles. The predicted octanol–water partition coefficient (Wildman–Crippen LogP) is 1.63. The highest BCUT2D eigenvalue weighted by molar-refractivity contribution is 6.05. The molecule has 1 aromatic rings. The van der Waals surface area contributed by atoms with Gasteiger partial charge in [0, 0.05) is 18.5 Å². The number of piperidine rings is 1. The van der Waals surface area contributed by atoms with Crippen LogP contribution in [0.4, 0.5) is 0 Å². The maximum Gasteiger partial charge on any atom is 0.255 e. The van der Waals surface area contributed by atoms with Gasteiger partial charge in [-0.25, -0.2) is 0 Å². The van der Waals surface area contributed by atoms with Crippen molar-refractivity contribution < 1.29 is 14.4 Å². The predicted molar refractivity (Wildman–Crippen MR) is 79.2 cm³/mol. The number of rotatable bonds is 2. The average molecular weight is 298 g/mol. The van der Waals surface area contributed by atoms with Crippen molar-refractivity contribution in [3.05, 3.63) is 34.4 Å². The van der Waals surface area contributed by atoms with Gasteiger partial charge in [0.2, 0.25) is 11.8 Å². The summed E-state index contributed by atoms with van der Waals surface area (Å²) in [6.07, 6.45) is 3.08. The van der Waals surface area contributed by atoms with Crippen molar-refractivity contribution in [2.45, 2.75) is 51.1 Å². The van der Waals surface area contributed by atoms with E-state index in [0.29, 0.717) is 25.3 Å². The van der Waals surface area contributed by atoms with Crippen LogP contribution in [0, 0.1) is 6.92 Å². The van der Waals surface area contributed by atoms with Gasteiger partial charge in [0.15, 0.2) is 0 Å². The number of imide groups is 1. The first-order chi connectivity index (χ1) is 10.5. The Labute approximate surface area is 128 Å². The van der Waals surface area contributed by atoms with Crippen molar-refractivity contribution in [3.63, 3.8) is 0 Å². The van der Waals surface area contributed by atoms with Crippen LogP contribution >= 0.6 is 0 Å². The summed E-state index contributed by atoms with van der Waals surface area (Å²) in [7, 11) is 0. The van der Waals surface area contributed by atoms with Crippen molar-refractivity contribution in [3.8, 4) is 0 Å². The number of aryl methyl sites for hydroxylation is 1. The number of fused-ring (bicyclic) bond motifs is 1. The molecule has 3 amide bonds. The van der Waals surface area contributed by atoms with Crippen LogP contribution in [0.15, 0.2) is 12.1 Å². The van der Waals surface area contributed by atoms with Crippen LogP contribution in [0.2, 0.25) is 0 Å². The van der Waals surface area contributed by atoms with E-state index in [9.17, 15) is 14.4 Å². The molecule has 5 heteroatoms. The lowest BCUT2D eigenvalue weighted by molar-refractivity contribution is -0.136. The Bertz CT molecular complexity index is 706. The molecule has 2 heterocycles.